The van der Waals surface area contributed by atoms with Crippen LogP contribution in [-0.4, -0.2) is 11.3 Å². The number of benzene rings is 2. The summed E-state index contributed by atoms with van der Waals surface area (Å²) in [5, 5.41) is 0. The first kappa shape index (κ1) is 12.6. The van der Waals surface area contributed by atoms with E-state index in [2.05, 4.69) is 0 Å². The fourth-order valence-electron chi connectivity index (χ4n) is 1.68. The minimum absolute atomic E-state index is 0.424. The standard InChI is InChI=1S/C14H15NO2S/c1-17-14-9-12(15)8-7-11(14)10-18(16)13-5-3-2-4-6-13/h2-9H,10,15H2,1H3. The smallest absolute Gasteiger partial charge is 0.125 e. The molecule has 0 aliphatic heterocycles. The maximum atomic E-state index is 12.2. The number of hydrogen-bond donors (Lipinski definition) is 1. The van der Waals surface area contributed by atoms with Crippen molar-refractivity contribution in [3.63, 3.8) is 0 Å². The van der Waals surface area contributed by atoms with Gasteiger partial charge in [0, 0.05) is 22.2 Å². The molecule has 2 rings (SSSR count). The monoisotopic (exact) mass is 261 g/mol. The normalized spacial score (nSPS) is 12.1. The average Bonchev–Trinajstić information content (AvgIpc) is 2.41. The molecule has 1 atom stereocenters. The Balaban J connectivity index is 2.22. The predicted octanol–water partition coefficient (Wildman–Crippen LogP) is 2.59. The lowest BCUT2D eigenvalue weighted by Gasteiger charge is -2.09. The van der Waals surface area contributed by atoms with Crippen molar-refractivity contribution in [2.45, 2.75) is 10.6 Å². The molecule has 0 bridgehead atoms. The van der Waals surface area contributed by atoms with Crippen LogP contribution >= 0.6 is 0 Å². The van der Waals surface area contributed by atoms with Crippen molar-refractivity contribution in [3.8, 4) is 5.75 Å². The molecular formula is C14H15NO2S. The summed E-state index contributed by atoms with van der Waals surface area (Å²) in [5.41, 5.74) is 7.23. The Morgan fingerprint density at radius 2 is 1.89 bits per heavy atom. The molecule has 2 N–H and O–H groups in total. The third kappa shape index (κ3) is 2.90. The highest BCUT2D eigenvalue weighted by atomic mass is 32.2. The van der Waals surface area contributed by atoms with E-state index in [1.165, 1.54) is 0 Å². The Bertz CT molecular complexity index is 555. The van der Waals surface area contributed by atoms with Gasteiger partial charge >= 0.3 is 0 Å². The van der Waals surface area contributed by atoms with E-state index < -0.39 is 10.8 Å². The number of nitrogens with two attached hydrogens (primary N) is 1. The topological polar surface area (TPSA) is 52.3 Å². The molecule has 0 amide bonds. The van der Waals surface area contributed by atoms with Crippen molar-refractivity contribution < 1.29 is 8.95 Å². The van der Waals surface area contributed by atoms with E-state index >= 15 is 0 Å². The molecule has 0 saturated carbocycles. The largest absolute Gasteiger partial charge is 0.496 e. The van der Waals surface area contributed by atoms with Gasteiger partial charge in [-0.05, 0) is 18.2 Å². The summed E-state index contributed by atoms with van der Waals surface area (Å²) in [6.45, 7) is 0. The van der Waals surface area contributed by atoms with Gasteiger partial charge in [0.15, 0.2) is 0 Å². The number of rotatable bonds is 4. The van der Waals surface area contributed by atoms with Gasteiger partial charge in [-0.15, -0.1) is 0 Å². The van der Waals surface area contributed by atoms with Crippen molar-refractivity contribution in [3.05, 3.63) is 54.1 Å². The maximum absolute atomic E-state index is 12.2. The Kier molecular flexibility index (Phi) is 3.99. The van der Waals surface area contributed by atoms with Crippen LogP contribution < -0.4 is 10.5 Å². The Morgan fingerprint density at radius 1 is 1.17 bits per heavy atom. The Hall–Kier alpha value is -1.81. The molecule has 0 saturated heterocycles. The second-order valence-electron chi connectivity index (χ2n) is 3.87. The van der Waals surface area contributed by atoms with Crippen LogP contribution in [0.1, 0.15) is 5.56 Å². The highest BCUT2D eigenvalue weighted by Crippen LogP contribution is 2.24. The molecule has 0 aliphatic rings. The van der Waals surface area contributed by atoms with Gasteiger partial charge in [-0.2, -0.15) is 0 Å². The molecule has 0 radical (unpaired) electrons. The maximum Gasteiger partial charge on any atom is 0.125 e. The van der Waals surface area contributed by atoms with Gasteiger partial charge < -0.3 is 10.5 Å². The molecule has 1 unspecified atom stereocenters. The molecule has 18 heavy (non-hydrogen) atoms. The van der Waals surface area contributed by atoms with Crippen molar-refractivity contribution >= 4 is 16.5 Å². The minimum Gasteiger partial charge on any atom is -0.496 e. The summed E-state index contributed by atoms with van der Waals surface area (Å²) < 4.78 is 17.4. The van der Waals surface area contributed by atoms with Crippen LogP contribution in [0.15, 0.2) is 53.4 Å². The van der Waals surface area contributed by atoms with E-state index in [1.807, 2.05) is 36.4 Å². The van der Waals surface area contributed by atoms with Crippen molar-refractivity contribution in [1.82, 2.24) is 0 Å². The summed E-state index contributed by atoms with van der Waals surface area (Å²) in [7, 11) is 0.513. The van der Waals surface area contributed by atoms with Gasteiger partial charge in [-0.3, -0.25) is 4.21 Å². The zero-order valence-corrected chi connectivity index (χ0v) is 10.9. The molecule has 3 nitrogen and oxygen atoms in total. The van der Waals surface area contributed by atoms with Crippen LogP contribution in [-0.2, 0) is 16.6 Å². The number of hydrogen-bond acceptors (Lipinski definition) is 3. The lowest BCUT2D eigenvalue weighted by molar-refractivity contribution is 0.411. The van der Waals surface area contributed by atoms with Gasteiger partial charge in [-0.1, -0.05) is 24.3 Å². The Morgan fingerprint density at radius 3 is 2.56 bits per heavy atom. The first-order chi connectivity index (χ1) is 8.70. The van der Waals surface area contributed by atoms with E-state index in [9.17, 15) is 4.21 Å². The van der Waals surface area contributed by atoms with Crippen molar-refractivity contribution in [2.24, 2.45) is 0 Å². The molecule has 2 aromatic rings. The summed E-state index contributed by atoms with van der Waals surface area (Å²) in [6.07, 6.45) is 0. The first-order valence-corrected chi connectivity index (χ1v) is 6.88. The highest BCUT2D eigenvalue weighted by molar-refractivity contribution is 7.84. The van der Waals surface area contributed by atoms with Crippen LogP contribution in [0.4, 0.5) is 5.69 Å². The van der Waals surface area contributed by atoms with Crippen LogP contribution in [0.2, 0.25) is 0 Å². The highest BCUT2D eigenvalue weighted by Gasteiger charge is 2.09. The molecule has 0 heterocycles. The first-order valence-electron chi connectivity index (χ1n) is 5.56. The van der Waals surface area contributed by atoms with E-state index in [1.54, 1.807) is 19.2 Å². The lowest BCUT2D eigenvalue weighted by atomic mass is 10.2. The summed E-state index contributed by atoms with van der Waals surface area (Å²) >= 11 is 0. The zero-order chi connectivity index (χ0) is 13.0. The summed E-state index contributed by atoms with van der Waals surface area (Å²) in [4.78, 5) is 0.816. The van der Waals surface area contributed by atoms with Crippen LogP contribution in [0.25, 0.3) is 0 Å². The summed E-state index contributed by atoms with van der Waals surface area (Å²) in [6, 6.07) is 14.8. The fraction of sp³-hybridized carbons (Fsp3) is 0.143. The second-order valence-corrected chi connectivity index (χ2v) is 5.33. The van der Waals surface area contributed by atoms with Gasteiger partial charge in [0.1, 0.15) is 5.75 Å². The number of nitrogen functional groups attached to an aromatic ring is 1. The van der Waals surface area contributed by atoms with Crippen LogP contribution in [0, 0.1) is 0 Å². The lowest BCUT2D eigenvalue weighted by Crippen LogP contribution is -2.00. The fourth-order valence-corrected chi connectivity index (χ4v) is 2.83. The number of ether oxygens (including phenoxy) is 1. The third-order valence-electron chi connectivity index (χ3n) is 2.60. The number of anilines is 1. The molecule has 4 heteroatoms. The second kappa shape index (κ2) is 5.69. The third-order valence-corrected chi connectivity index (χ3v) is 3.97. The van der Waals surface area contributed by atoms with Gasteiger partial charge in [0.25, 0.3) is 0 Å². The SMILES string of the molecule is COc1cc(N)ccc1CS(=O)c1ccccc1. The Labute approximate surface area is 109 Å². The zero-order valence-electron chi connectivity index (χ0n) is 10.1. The van der Waals surface area contributed by atoms with Crippen molar-refractivity contribution in [1.29, 1.82) is 0 Å². The van der Waals surface area contributed by atoms with E-state index in [0.717, 1.165) is 10.5 Å². The molecule has 2 aromatic carbocycles. The molecule has 0 spiro atoms. The van der Waals surface area contributed by atoms with Crippen molar-refractivity contribution in [2.75, 3.05) is 12.8 Å². The van der Waals surface area contributed by atoms with Gasteiger partial charge in [-0.25, -0.2) is 0 Å². The predicted molar refractivity (Wildman–Crippen MR) is 74.0 cm³/mol. The van der Waals surface area contributed by atoms with Crippen LogP contribution in [0.5, 0.6) is 5.75 Å². The van der Waals surface area contributed by atoms with E-state index in [0.29, 0.717) is 17.2 Å². The van der Waals surface area contributed by atoms with Gasteiger partial charge in [0.2, 0.25) is 0 Å². The quantitative estimate of drug-likeness (QED) is 0.861. The molecule has 0 aliphatic carbocycles. The van der Waals surface area contributed by atoms with E-state index in [4.69, 9.17) is 10.5 Å². The molecule has 94 valence electrons. The molecule has 0 aromatic heterocycles. The molecule has 0 fully saturated rings. The van der Waals surface area contributed by atoms with Gasteiger partial charge in [0.05, 0.1) is 23.7 Å². The number of methoxy groups -OCH3 is 1. The van der Waals surface area contributed by atoms with E-state index in [-0.39, 0.29) is 0 Å². The van der Waals surface area contributed by atoms with Crippen LogP contribution in [0.3, 0.4) is 0 Å². The molecular weight excluding hydrogens is 246 g/mol. The minimum atomic E-state index is -1.07. The average molecular weight is 261 g/mol. The summed E-state index contributed by atoms with van der Waals surface area (Å²) in [5.74, 6) is 1.10.